The summed E-state index contributed by atoms with van der Waals surface area (Å²) in [4.78, 5) is 26.5. The number of hydrogen-bond acceptors (Lipinski definition) is 5. The molecule has 1 fully saturated rings. The van der Waals surface area contributed by atoms with E-state index in [-0.39, 0.29) is 25.3 Å². The zero-order valence-electron chi connectivity index (χ0n) is 16.5. The standard InChI is InChI=1S/C22H16F3N3O4/c23-22(24,25)32-16-5-3-4-15(10-16)28-9-7-17(20(28)29)21(30)31-13-14-12-27-8-2-1-6-19(27)18(14)11-26/h1-6,8,10,12,17H,7,9,13H2/t17-/m1/s1. The monoisotopic (exact) mass is 443 g/mol. The van der Waals surface area contributed by atoms with Crippen molar-refractivity contribution in [3.63, 3.8) is 0 Å². The molecule has 1 aromatic carbocycles. The smallest absolute Gasteiger partial charge is 0.460 e. The van der Waals surface area contributed by atoms with Gasteiger partial charge in [-0.05, 0) is 30.7 Å². The zero-order valence-corrected chi connectivity index (χ0v) is 16.5. The lowest BCUT2D eigenvalue weighted by molar-refractivity contribution is -0.274. The van der Waals surface area contributed by atoms with Crippen molar-refractivity contribution in [1.29, 1.82) is 5.26 Å². The van der Waals surface area contributed by atoms with E-state index >= 15 is 0 Å². The SMILES string of the molecule is N#Cc1c(COC(=O)[C@@H]2CCN(c3cccc(OC(F)(F)F)c3)C2=O)cn2ccccc12. The number of hydrogen-bond donors (Lipinski definition) is 0. The molecule has 1 atom stereocenters. The first-order valence-electron chi connectivity index (χ1n) is 9.59. The number of anilines is 1. The fraction of sp³-hybridized carbons (Fsp3) is 0.227. The molecular weight excluding hydrogens is 427 g/mol. The van der Waals surface area contributed by atoms with Crippen LogP contribution in [0.2, 0.25) is 0 Å². The molecule has 0 aliphatic carbocycles. The quantitative estimate of drug-likeness (QED) is 0.442. The van der Waals surface area contributed by atoms with Gasteiger partial charge in [-0.25, -0.2) is 0 Å². The van der Waals surface area contributed by atoms with Gasteiger partial charge in [0.2, 0.25) is 5.91 Å². The van der Waals surface area contributed by atoms with Gasteiger partial charge in [0.1, 0.15) is 24.3 Å². The molecule has 0 bridgehead atoms. The molecule has 3 heterocycles. The van der Waals surface area contributed by atoms with Gasteiger partial charge in [-0.1, -0.05) is 12.1 Å². The number of ether oxygens (including phenoxy) is 2. The maximum atomic E-state index is 12.7. The molecule has 1 saturated heterocycles. The van der Waals surface area contributed by atoms with E-state index in [4.69, 9.17) is 4.74 Å². The van der Waals surface area contributed by atoms with Crippen LogP contribution >= 0.6 is 0 Å². The number of carbonyl (C=O) groups excluding carboxylic acids is 2. The number of amides is 1. The third kappa shape index (κ3) is 4.23. The first kappa shape index (κ1) is 21.2. The first-order chi connectivity index (χ1) is 15.3. The van der Waals surface area contributed by atoms with Crippen molar-refractivity contribution in [2.45, 2.75) is 19.4 Å². The number of halogens is 3. The molecule has 0 saturated carbocycles. The normalized spacial score (nSPS) is 16.2. The molecular formula is C22H16F3N3O4. The van der Waals surface area contributed by atoms with Crippen molar-refractivity contribution in [3.05, 3.63) is 66.0 Å². The number of aromatic nitrogens is 1. The van der Waals surface area contributed by atoms with Gasteiger partial charge in [-0.3, -0.25) is 9.59 Å². The average Bonchev–Trinajstić information content (AvgIpc) is 3.30. The predicted molar refractivity (Wildman–Crippen MR) is 105 cm³/mol. The van der Waals surface area contributed by atoms with Crippen LogP contribution in [-0.4, -0.2) is 29.2 Å². The Kier molecular flexibility index (Phi) is 5.48. The summed E-state index contributed by atoms with van der Waals surface area (Å²) in [5.74, 6) is -2.86. The maximum absolute atomic E-state index is 12.7. The predicted octanol–water partition coefficient (Wildman–Crippen LogP) is 3.81. The number of fused-ring (bicyclic) bond motifs is 1. The number of benzene rings is 1. The number of alkyl halides is 3. The van der Waals surface area contributed by atoms with Crippen LogP contribution < -0.4 is 9.64 Å². The Morgan fingerprint density at radius 3 is 2.78 bits per heavy atom. The minimum Gasteiger partial charge on any atom is -0.460 e. The largest absolute Gasteiger partial charge is 0.573 e. The maximum Gasteiger partial charge on any atom is 0.573 e. The lowest BCUT2D eigenvalue weighted by Crippen LogP contribution is -2.31. The Morgan fingerprint density at radius 1 is 1.22 bits per heavy atom. The van der Waals surface area contributed by atoms with Gasteiger partial charge in [-0.2, -0.15) is 5.26 Å². The van der Waals surface area contributed by atoms with E-state index in [9.17, 15) is 28.0 Å². The van der Waals surface area contributed by atoms with Crippen LogP contribution in [0.4, 0.5) is 18.9 Å². The number of rotatable bonds is 5. The second-order valence-electron chi connectivity index (χ2n) is 7.12. The summed E-state index contributed by atoms with van der Waals surface area (Å²) in [7, 11) is 0. The van der Waals surface area contributed by atoms with Crippen molar-refractivity contribution in [2.24, 2.45) is 5.92 Å². The minimum atomic E-state index is -4.86. The van der Waals surface area contributed by atoms with Gasteiger partial charge in [0.05, 0.1) is 11.1 Å². The van der Waals surface area contributed by atoms with Gasteiger partial charge in [-0.15, -0.1) is 13.2 Å². The summed E-state index contributed by atoms with van der Waals surface area (Å²) in [5.41, 5.74) is 1.74. The molecule has 10 heteroatoms. The van der Waals surface area contributed by atoms with Crippen molar-refractivity contribution in [3.8, 4) is 11.8 Å². The van der Waals surface area contributed by atoms with Gasteiger partial charge in [0.15, 0.2) is 0 Å². The highest BCUT2D eigenvalue weighted by atomic mass is 19.4. The lowest BCUT2D eigenvalue weighted by Gasteiger charge is -2.18. The Bertz CT molecular complexity index is 1230. The molecule has 0 N–H and O–H groups in total. The van der Waals surface area contributed by atoms with E-state index < -0.39 is 29.9 Å². The highest BCUT2D eigenvalue weighted by molar-refractivity contribution is 6.08. The highest BCUT2D eigenvalue weighted by Gasteiger charge is 2.39. The molecule has 1 aliphatic rings. The molecule has 4 rings (SSSR count). The number of pyridine rings is 1. The van der Waals surface area contributed by atoms with E-state index in [1.54, 1.807) is 35.0 Å². The van der Waals surface area contributed by atoms with Gasteiger partial charge < -0.3 is 18.8 Å². The summed E-state index contributed by atoms with van der Waals surface area (Å²) in [6.45, 7) is -0.0320. The Labute approximate surface area is 180 Å². The summed E-state index contributed by atoms with van der Waals surface area (Å²) in [5, 5.41) is 9.43. The van der Waals surface area contributed by atoms with Crippen LogP contribution in [0.3, 0.4) is 0 Å². The van der Waals surface area contributed by atoms with Crippen LogP contribution in [0.5, 0.6) is 5.75 Å². The van der Waals surface area contributed by atoms with E-state index in [1.165, 1.54) is 17.0 Å². The topological polar surface area (TPSA) is 84.0 Å². The molecule has 1 amide bonds. The second kappa shape index (κ2) is 8.26. The van der Waals surface area contributed by atoms with Crippen molar-refractivity contribution >= 4 is 23.1 Å². The fourth-order valence-electron chi connectivity index (χ4n) is 3.67. The molecule has 7 nitrogen and oxygen atoms in total. The molecule has 0 radical (unpaired) electrons. The van der Waals surface area contributed by atoms with Crippen LogP contribution in [-0.2, 0) is 20.9 Å². The third-order valence-electron chi connectivity index (χ3n) is 5.10. The molecule has 1 aliphatic heterocycles. The lowest BCUT2D eigenvalue weighted by atomic mass is 10.1. The van der Waals surface area contributed by atoms with Crippen LogP contribution in [0.25, 0.3) is 5.52 Å². The minimum absolute atomic E-state index is 0.146. The van der Waals surface area contributed by atoms with Crippen molar-refractivity contribution < 1.29 is 32.2 Å². The molecule has 0 spiro atoms. The Balaban J connectivity index is 1.44. The Hall–Kier alpha value is -4.00. The highest BCUT2D eigenvalue weighted by Crippen LogP contribution is 2.31. The second-order valence-corrected chi connectivity index (χ2v) is 7.12. The first-order valence-corrected chi connectivity index (χ1v) is 9.59. The fourth-order valence-corrected chi connectivity index (χ4v) is 3.67. The Morgan fingerprint density at radius 2 is 2.03 bits per heavy atom. The number of nitrogens with zero attached hydrogens (tertiary/aromatic N) is 3. The van der Waals surface area contributed by atoms with Gasteiger partial charge >= 0.3 is 12.3 Å². The average molecular weight is 443 g/mol. The van der Waals surface area contributed by atoms with E-state index in [0.717, 1.165) is 12.1 Å². The van der Waals surface area contributed by atoms with Gasteiger partial charge in [0.25, 0.3) is 0 Å². The van der Waals surface area contributed by atoms with Crippen molar-refractivity contribution in [1.82, 2.24) is 4.40 Å². The number of carbonyl (C=O) groups is 2. The van der Waals surface area contributed by atoms with Crippen LogP contribution in [0, 0.1) is 17.2 Å². The molecule has 3 aromatic rings. The molecule has 0 unspecified atom stereocenters. The number of nitriles is 1. The summed E-state index contributed by atoms with van der Waals surface area (Å²) >= 11 is 0. The molecule has 32 heavy (non-hydrogen) atoms. The van der Waals surface area contributed by atoms with E-state index in [2.05, 4.69) is 10.8 Å². The molecule has 164 valence electrons. The van der Waals surface area contributed by atoms with E-state index in [0.29, 0.717) is 16.6 Å². The zero-order chi connectivity index (χ0) is 22.9. The van der Waals surface area contributed by atoms with Crippen LogP contribution in [0.15, 0.2) is 54.9 Å². The van der Waals surface area contributed by atoms with E-state index in [1.807, 2.05) is 0 Å². The summed E-state index contributed by atoms with van der Waals surface area (Å²) in [6.07, 6.45) is -1.26. The van der Waals surface area contributed by atoms with Crippen LogP contribution in [0.1, 0.15) is 17.5 Å². The third-order valence-corrected chi connectivity index (χ3v) is 5.10. The van der Waals surface area contributed by atoms with Gasteiger partial charge in [0, 0.05) is 36.3 Å². The summed E-state index contributed by atoms with van der Waals surface area (Å²) < 4.78 is 48.3. The summed E-state index contributed by atoms with van der Waals surface area (Å²) in [6, 6.07) is 12.4. The molecule has 2 aromatic heterocycles. The number of esters is 1. The van der Waals surface area contributed by atoms with Crippen molar-refractivity contribution in [2.75, 3.05) is 11.4 Å².